The summed E-state index contributed by atoms with van der Waals surface area (Å²) in [5.41, 5.74) is 0.0485. The Morgan fingerprint density at radius 3 is 2.37 bits per heavy atom. The van der Waals surface area contributed by atoms with E-state index in [1.165, 1.54) is 19.2 Å². The third-order valence-electron chi connectivity index (χ3n) is 3.35. The van der Waals surface area contributed by atoms with Gasteiger partial charge in [-0.25, -0.2) is 4.39 Å². The largest absolute Gasteiger partial charge is 0.493 e. The zero-order valence-electron chi connectivity index (χ0n) is 14.5. The summed E-state index contributed by atoms with van der Waals surface area (Å²) in [6, 6.07) is 10.3. The number of rotatable bonds is 7. The summed E-state index contributed by atoms with van der Waals surface area (Å²) in [5, 5.41) is 2.28. The maximum atomic E-state index is 14.2. The molecule has 1 unspecified atom stereocenters. The van der Waals surface area contributed by atoms with Crippen LogP contribution in [0.4, 0.5) is 23.2 Å². The quantitative estimate of drug-likeness (QED) is 0.709. The van der Waals surface area contributed by atoms with E-state index in [0.717, 1.165) is 13.0 Å². The van der Waals surface area contributed by atoms with Crippen molar-refractivity contribution in [2.45, 2.75) is 19.2 Å². The lowest BCUT2D eigenvalue weighted by Gasteiger charge is -2.15. The van der Waals surface area contributed by atoms with Crippen LogP contribution in [-0.2, 0) is 9.53 Å². The van der Waals surface area contributed by atoms with Crippen molar-refractivity contribution < 1.29 is 36.6 Å². The number of ether oxygens (including phenoxy) is 3. The second-order valence-electron chi connectivity index (χ2n) is 5.46. The zero-order valence-corrected chi connectivity index (χ0v) is 14.5. The van der Waals surface area contributed by atoms with Gasteiger partial charge in [-0.1, -0.05) is 12.1 Å². The predicted octanol–water partition coefficient (Wildman–Crippen LogP) is 4.53. The normalized spacial score (nSPS) is 12.4. The fraction of sp³-hybridized carbons (Fsp3) is 0.278. The van der Waals surface area contributed by atoms with Gasteiger partial charge in [-0.2, -0.15) is 13.2 Å². The molecule has 2 aromatic carbocycles. The molecule has 1 N–H and O–H groups in total. The molecule has 0 bridgehead atoms. The van der Waals surface area contributed by atoms with Crippen LogP contribution in [0.2, 0.25) is 0 Å². The summed E-state index contributed by atoms with van der Waals surface area (Å²) in [6.45, 7) is -0.391. The molecule has 0 aliphatic rings. The van der Waals surface area contributed by atoms with Crippen LogP contribution in [0.5, 0.6) is 17.2 Å². The lowest BCUT2D eigenvalue weighted by Crippen LogP contribution is -2.31. The number of alkyl halides is 3. The predicted molar refractivity (Wildman–Crippen MR) is 89.6 cm³/mol. The molecule has 9 heteroatoms. The van der Waals surface area contributed by atoms with Gasteiger partial charge in [-0.05, 0) is 31.2 Å². The van der Waals surface area contributed by atoms with Crippen molar-refractivity contribution in [1.29, 1.82) is 0 Å². The van der Waals surface area contributed by atoms with Crippen LogP contribution in [0.25, 0.3) is 0 Å². The van der Waals surface area contributed by atoms with Gasteiger partial charge < -0.3 is 19.5 Å². The van der Waals surface area contributed by atoms with Crippen LogP contribution in [-0.4, -0.2) is 31.9 Å². The third-order valence-corrected chi connectivity index (χ3v) is 3.35. The number of para-hydroxylation sites is 2. The Labute approximate surface area is 152 Å². The minimum atomic E-state index is -4.54. The summed E-state index contributed by atoms with van der Waals surface area (Å²) < 4.78 is 65.5. The van der Waals surface area contributed by atoms with E-state index < -0.39 is 30.6 Å². The number of amides is 1. The minimum Gasteiger partial charge on any atom is -0.493 e. The number of hydrogen-bond donors (Lipinski definition) is 1. The molecule has 1 atom stereocenters. The standard InChI is InChI=1S/C18H17F4NO4/c1-11(26-10-18(20,21)22)17(24)23-12-7-8-14(13(19)9-12)27-16-6-4-3-5-15(16)25-2/h3-9,11H,10H2,1-2H3,(H,23,24). The maximum Gasteiger partial charge on any atom is 0.411 e. The number of anilines is 1. The van der Waals surface area contributed by atoms with Crippen LogP contribution < -0.4 is 14.8 Å². The van der Waals surface area contributed by atoms with Crippen molar-refractivity contribution in [3.8, 4) is 17.2 Å². The number of nitrogens with one attached hydrogen (secondary N) is 1. The van der Waals surface area contributed by atoms with E-state index in [0.29, 0.717) is 11.5 Å². The van der Waals surface area contributed by atoms with E-state index in [9.17, 15) is 22.4 Å². The van der Waals surface area contributed by atoms with Crippen molar-refractivity contribution in [2.24, 2.45) is 0 Å². The summed E-state index contributed by atoms with van der Waals surface area (Å²) in [4.78, 5) is 11.8. The molecule has 0 spiro atoms. The fourth-order valence-corrected chi connectivity index (χ4v) is 2.02. The number of methoxy groups -OCH3 is 1. The first-order valence-corrected chi connectivity index (χ1v) is 7.79. The SMILES string of the molecule is COc1ccccc1Oc1ccc(NC(=O)C(C)OCC(F)(F)F)cc1F. The molecule has 0 saturated carbocycles. The van der Waals surface area contributed by atoms with Crippen LogP contribution in [0, 0.1) is 5.82 Å². The summed E-state index contributed by atoms with van der Waals surface area (Å²) in [7, 11) is 1.44. The summed E-state index contributed by atoms with van der Waals surface area (Å²) >= 11 is 0. The molecule has 2 rings (SSSR count). The topological polar surface area (TPSA) is 56.8 Å². The Balaban J connectivity index is 2.02. The van der Waals surface area contributed by atoms with E-state index in [1.807, 2.05) is 0 Å². The summed E-state index contributed by atoms with van der Waals surface area (Å²) in [5.74, 6) is -1.02. The molecule has 0 saturated heterocycles. The Kier molecular flexibility index (Phi) is 6.62. The molecule has 5 nitrogen and oxygen atoms in total. The molecule has 27 heavy (non-hydrogen) atoms. The number of halogens is 4. The van der Waals surface area contributed by atoms with Gasteiger partial charge in [0.15, 0.2) is 23.1 Å². The molecule has 2 aromatic rings. The van der Waals surface area contributed by atoms with Gasteiger partial charge in [-0.3, -0.25) is 4.79 Å². The molecule has 0 heterocycles. The average molecular weight is 387 g/mol. The molecule has 0 fully saturated rings. The number of carbonyl (C=O) groups is 1. The van der Waals surface area contributed by atoms with Crippen LogP contribution >= 0.6 is 0 Å². The van der Waals surface area contributed by atoms with Gasteiger partial charge in [0.05, 0.1) is 7.11 Å². The van der Waals surface area contributed by atoms with E-state index >= 15 is 0 Å². The van der Waals surface area contributed by atoms with E-state index in [4.69, 9.17) is 9.47 Å². The highest BCUT2D eigenvalue weighted by atomic mass is 19.4. The van der Waals surface area contributed by atoms with Crippen LogP contribution in [0.15, 0.2) is 42.5 Å². The second kappa shape index (κ2) is 8.72. The van der Waals surface area contributed by atoms with Crippen molar-refractivity contribution in [3.63, 3.8) is 0 Å². The molecule has 146 valence electrons. The molecule has 0 radical (unpaired) electrons. The van der Waals surface area contributed by atoms with Gasteiger partial charge in [0.1, 0.15) is 12.7 Å². The Morgan fingerprint density at radius 2 is 1.78 bits per heavy atom. The van der Waals surface area contributed by atoms with Crippen molar-refractivity contribution in [2.75, 3.05) is 19.0 Å². The Bertz CT molecular complexity index is 795. The minimum absolute atomic E-state index is 0.0485. The highest BCUT2D eigenvalue weighted by Gasteiger charge is 2.30. The van der Waals surface area contributed by atoms with E-state index in [-0.39, 0.29) is 11.4 Å². The zero-order chi connectivity index (χ0) is 20.0. The fourth-order valence-electron chi connectivity index (χ4n) is 2.02. The molecule has 0 aliphatic heterocycles. The van der Waals surface area contributed by atoms with Crippen LogP contribution in [0.3, 0.4) is 0 Å². The molecular weight excluding hydrogens is 370 g/mol. The third kappa shape index (κ3) is 6.14. The van der Waals surface area contributed by atoms with Crippen molar-refractivity contribution in [3.05, 3.63) is 48.3 Å². The lowest BCUT2D eigenvalue weighted by atomic mass is 10.2. The van der Waals surface area contributed by atoms with E-state index in [1.54, 1.807) is 24.3 Å². The molecule has 0 aromatic heterocycles. The second-order valence-corrected chi connectivity index (χ2v) is 5.46. The van der Waals surface area contributed by atoms with Crippen LogP contribution in [0.1, 0.15) is 6.92 Å². The molecule has 0 aliphatic carbocycles. The molecular formula is C18H17F4NO4. The first kappa shape index (κ1) is 20.5. The first-order chi connectivity index (χ1) is 12.7. The maximum absolute atomic E-state index is 14.2. The van der Waals surface area contributed by atoms with Gasteiger partial charge in [0, 0.05) is 11.8 Å². The molecule has 1 amide bonds. The average Bonchev–Trinajstić information content (AvgIpc) is 2.61. The lowest BCUT2D eigenvalue weighted by molar-refractivity contribution is -0.184. The Morgan fingerprint density at radius 1 is 1.11 bits per heavy atom. The van der Waals surface area contributed by atoms with Gasteiger partial charge in [0.2, 0.25) is 0 Å². The summed E-state index contributed by atoms with van der Waals surface area (Å²) in [6.07, 6.45) is -5.91. The number of benzene rings is 2. The highest BCUT2D eigenvalue weighted by molar-refractivity contribution is 5.93. The van der Waals surface area contributed by atoms with Crippen molar-refractivity contribution >= 4 is 11.6 Å². The van der Waals surface area contributed by atoms with Crippen molar-refractivity contribution in [1.82, 2.24) is 0 Å². The monoisotopic (exact) mass is 387 g/mol. The number of carbonyl (C=O) groups excluding carboxylic acids is 1. The number of hydrogen-bond acceptors (Lipinski definition) is 4. The first-order valence-electron chi connectivity index (χ1n) is 7.79. The Hall–Kier alpha value is -2.81. The van der Waals surface area contributed by atoms with Gasteiger partial charge in [-0.15, -0.1) is 0 Å². The smallest absolute Gasteiger partial charge is 0.411 e. The van der Waals surface area contributed by atoms with Gasteiger partial charge in [0.25, 0.3) is 5.91 Å². The highest BCUT2D eigenvalue weighted by Crippen LogP contribution is 2.33. The van der Waals surface area contributed by atoms with E-state index in [2.05, 4.69) is 10.1 Å². The van der Waals surface area contributed by atoms with Gasteiger partial charge >= 0.3 is 6.18 Å².